The smallest absolute Gasteiger partial charge is 0.298 e. The zero-order chi connectivity index (χ0) is 15.3. The average molecular weight is 300 g/mol. The Labute approximate surface area is 120 Å². The quantitative estimate of drug-likeness (QED) is 0.642. The number of nitrogens with one attached hydrogen (secondary N) is 1. The van der Waals surface area contributed by atoms with Gasteiger partial charge in [-0.05, 0) is 43.9 Å². The van der Waals surface area contributed by atoms with Gasteiger partial charge in [-0.2, -0.15) is 13.2 Å². The molecule has 0 aromatic heterocycles. The average Bonchev–Trinajstić information content (AvgIpc) is 2.46. The van der Waals surface area contributed by atoms with Crippen LogP contribution in [-0.2, 0) is 11.0 Å². The van der Waals surface area contributed by atoms with E-state index >= 15 is 0 Å². The zero-order valence-electron chi connectivity index (χ0n) is 11.2. The first-order valence-electron chi connectivity index (χ1n) is 6.66. The van der Waals surface area contributed by atoms with Crippen LogP contribution < -0.4 is 5.32 Å². The van der Waals surface area contributed by atoms with Gasteiger partial charge in [-0.1, -0.05) is 17.6 Å². The molecule has 1 amide bonds. The molecule has 1 aromatic rings. The van der Waals surface area contributed by atoms with Gasteiger partial charge < -0.3 is 0 Å². The lowest BCUT2D eigenvalue weighted by atomic mass is 9.99. The molecule has 0 saturated heterocycles. The van der Waals surface area contributed by atoms with E-state index in [0.29, 0.717) is 0 Å². The fourth-order valence-electron chi connectivity index (χ4n) is 2.07. The monoisotopic (exact) mass is 300 g/mol. The van der Waals surface area contributed by atoms with Crippen molar-refractivity contribution in [2.24, 2.45) is 5.16 Å². The Morgan fingerprint density at radius 2 is 1.90 bits per heavy atom. The maximum atomic E-state index is 12.5. The number of anilines is 1. The van der Waals surface area contributed by atoms with Crippen LogP contribution in [-0.4, -0.2) is 11.8 Å². The summed E-state index contributed by atoms with van der Waals surface area (Å²) in [6.45, 7) is 0. The van der Waals surface area contributed by atoms with Crippen molar-refractivity contribution in [3.05, 3.63) is 29.8 Å². The number of oxime groups is 1. The Morgan fingerprint density at radius 1 is 1.19 bits per heavy atom. The lowest BCUT2D eigenvalue weighted by molar-refractivity contribution is -0.137. The first-order valence-corrected chi connectivity index (χ1v) is 6.66. The van der Waals surface area contributed by atoms with Crippen molar-refractivity contribution in [1.29, 1.82) is 0 Å². The van der Waals surface area contributed by atoms with E-state index in [1.54, 1.807) is 0 Å². The van der Waals surface area contributed by atoms with Gasteiger partial charge in [0.25, 0.3) is 0 Å². The molecule has 21 heavy (non-hydrogen) atoms. The summed E-state index contributed by atoms with van der Waals surface area (Å²) in [5, 5.41) is 5.96. The minimum Gasteiger partial charge on any atom is -0.298 e. The summed E-state index contributed by atoms with van der Waals surface area (Å²) in [7, 11) is 0. The molecule has 0 heterocycles. The molecule has 4 nitrogen and oxygen atoms in total. The second-order valence-electron chi connectivity index (χ2n) is 4.80. The minimum atomic E-state index is -4.45. The van der Waals surface area contributed by atoms with Gasteiger partial charge in [0, 0.05) is 5.69 Å². The number of hydrogen-bond acceptors (Lipinski definition) is 3. The Bertz CT molecular complexity index is 533. The molecule has 1 fully saturated rings. The molecule has 1 aromatic carbocycles. The van der Waals surface area contributed by atoms with Crippen LogP contribution in [0.15, 0.2) is 29.4 Å². The number of amides is 1. The van der Waals surface area contributed by atoms with E-state index < -0.39 is 17.8 Å². The van der Waals surface area contributed by atoms with Crippen LogP contribution in [0.5, 0.6) is 0 Å². The van der Waals surface area contributed by atoms with Crippen molar-refractivity contribution >= 4 is 17.5 Å². The van der Waals surface area contributed by atoms with E-state index in [2.05, 4.69) is 15.3 Å². The fraction of sp³-hybridized carbons (Fsp3) is 0.429. The molecule has 0 unspecified atom stereocenters. The lowest BCUT2D eigenvalue weighted by Crippen LogP contribution is -2.14. The highest BCUT2D eigenvalue weighted by atomic mass is 19.4. The van der Waals surface area contributed by atoms with Gasteiger partial charge in [-0.25, -0.2) is 4.79 Å². The maximum Gasteiger partial charge on any atom is 0.437 e. The lowest BCUT2D eigenvalue weighted by Gasteiger charge is -2.11. The molecule has 0 spiro atoms. The second-order valence-corrected chi connectivity index (χ2v) is 4.80. The SMILES string of the molecule is O=C(Nc1cccc(C(F)(F)F)c1)ON=C1CCCCC1. The third-order valence-electron chi connectivity index (χ3n) is 3.12. The van der Waals surface area contributed by atoms with Crippen molar-refractivity contribution in [3.63, 3.8) is 0 Å². The standard InChI is InChI=1S/C14H15F3N2O2/c15-14(16,17)10-5-4-8-12(9-10)18-13(20)21-19-11-6-2-1-3-7-11/h4-5,8-9H,1-3,6-7H2,(H,18,20). The molecule has 0 atom stereocenters. The molecule has 1 N–H and O–H groups in total. The molecular weight excluding hydrogens is 285 g/mol. The van der Waals surface area contributed by atoms with Gasteiger partial charge in [0.05, 0.1) is 11.3 Å². The van der Waals surface area contributed by atoms with E-state index in [1.807, 2.05) is 0 Å². The first kappa shape index (κ1) is 15.3. The van der Waals surface area contributed by atoms with Gasteiger partial charge in [0.1, 0.15) is 0 Å². The summed E-state index contributed by atoms with van der Waals surface area (Å²) in [6.07, 6.45) is -0.616. The topological polar surface area (TPSA) is 50.7 Å². The summed E-state index contributed by atoms with van der Waals surface area (Å²) in [5.41, 5.74) is -0.0157. The minimum absolute atomic E-state index is 0.0127. The van der Waals surface area contributed by atoms with E-state index in [9.17, 15) is 18.0 Å². The van der Waals surface area contributed by atoms with Crippen LogP contribution in [0, 0.1) is 0 Å². The zero-order valence-corrected chi connectivity index (χ0v) is 11.2. The van der Waals surface area contributed by atoms with Crippen molar-refractivity contribution in [2.45, 2.75) is 38.3 Å². The summed E-state index contributed by atoms with van der Waals surface area (Å²) in [5.74, 6) is 0. The van der Waals surface area contributed by atoms with E-state index in [-0.39, 0.29) is 5.69 Å². The number of benzene rings is 1. The van der Waals surface area contributed by atoms with E-state index in [0.717, 1.165) is 49.9 Å². The summed E-state index contributed by atoms with van der Waals surface area (Å²) in [4.78, 5) is 16.2. The van der Waals surface area contributed by atoms with Crippen LogP contribution >= 0.6 is 0 Å². The van der Waals surface area contributed by atoms with E-state index in [4.69, 9.17) is 0 Å². The summed E-state index contributed by atoms with van der Waals surface area (Å²) in [6, 6.07) is 4.34. The van der Waals surface area contributed by atoms with Crippen molar-refractivity contribution in [2.75, 3.05) is 5.32 Å². The first-order chi connectivity index (χ1) is 9.95. The Kier molecular flexibility index (Phi) is 4.82. The largest absolute Gasteiger partial charge is 0.437 e. The normalized spacial score (nSPS) is 15.5. The van der Waals surface area contributed by atoms with Crippen molar-refractivity contribution in [1.82, 2.24) is 0 Å². The highest BCUT2D eigenvalue weighted by Gasteiger charge is 2.30. The van der Waals surface area contributed by atoms with Crippen molar-refractivity contribution < 1.29 is 22.8 Å². The highest BCUT2D eigenvalue weighted by Crippen LogP contribution is 2.30. The molecule has 1 aliphatic carbocycles. The maximum absolute atomic E-state index is 12.5. The summed E-state index contributed by atoms with van der Waals surface area (Å²) < 4.78 is 37.6. The fourth-order valence-corrected chi connectivity index (χ4v) is 2.07. The van der Waals surface area contributed by atoms with Crippen LogP contribution in [0.1, 0.15) is 37.7 Å². The second kappa shape index (κ2) is 6.60. The number of nitrogens with zero attached hydrogens (tertiary/aromatic N) is 1. The molecule has 114 valence electrons. The molecule has 1 saturated carbocycles. The van der Waals surface area contributed by atoms with Gasteiger partial charge in [-0.15, -0.1) is 0 Å². The Balaban J connectivity index is 1.93. The predicted molar refractivity (Wildman–Crippen MR) is 72.1 cm³/mol. The predicted octanol–water partition coefficient (Wildman–Crippen LogP) is 4.57. The molecular formula is C14H15F3N2O2. The molecule has 7 heteroatoms. The van der Waals surface area contributed by atoms with Crippen LogP contribution in [0.4, 0.5) is 23.7 Å². The number of alkyl halides is 3. The van der Waals surface area contributed by atoms with Crippen molar-refractivity contribution in [3.8, 4) is 0 Å². The van der Waals surface area contributed by atoms with Crippen LogP contribution in [0.3, 0.4) is 0 Å². The molecule has 0 aliphatic heterocycles. The highest BCUT2D eigenvalue weighted by molar-refractivity contribution is 5.87. The summed E-state index contributed by atoms with van der Waals surface area (Å²) >= 11 is 0. The third kappa shape index (κ3) is 4.77. The third-order valence-corrected chi connectivity index (χ3v) is 3.12. The molecule has 2 rings (SSSR count). The van der Waals surface area contributed by atoms with Gasteiger partial charge in [0.2, 0.25) is 0 Å². The van der Waals surface area contributed by atoms with Crippen LogP contribution in [0.2, 0.25) is 0 Å². The van der Waals surface area contributed by atoms with Gasteiger partial charge in [-0.3, -0.25) is 10.2 Å². The Hall–Kier alpha value is -2.05. The molecule has 1 aliphatic rings. The van der Waals surface area contributed by atoms with Gasteiger partial charge in [0.15, 0.2) is 0 Å². The van der Waals surface area contributed by atoms with Gasteiger partial charge >= 0.3 is 12.3 Å². The van der Waals surface area contributed by atoms with E-state index in [1.165, 1.54) is 12.1 Å². The number of carbonyl (C=O) groups excluding carboxylic acids is 1. The number of carbonyl (C=O) groups is 1. The number of rotatable bonds is 2. The number of halogens is 3. The number of hydrogen-bond donors (Lipinski definition) is 1. The molecule has 0 bridgehead atoms. The molecule has 0 radical (unpaired) electrons. The van der Waals surface area contributed by atoms with Crippen LogP contribution in [0.25, 0.3) is 0 Å². The Morgan fingerprint density at radius 3 is 2.57 bits per heavy atom.